The first-order valence-electron chi connectivity index (χ1n) is 12.9. The van der Waals surface area contributed by atoms with Crippen molar-refractivity contribution in [1.82, 2.24) is 24.8 Å². The minimum atomic E-state index is 0.0772. The highest BCUT2D eigenvalue weighted by molar-refractivity contribution is 7.21. The summed E-state index contributed by atoms with van der Waals surface area (Å²) in [6, 6.07) is 8.22. The first-order valence-corrected chi connectivity index (χ1v) is 13.7. The highest BCUT2D eigenvalue weighted by Gasteiger charge is 2.26. The van der Waals surface area contributed by atoms with Crippen LogP contribution in [-0.2, 0) is 16.1 Å². The number of hydrogen-bond acceptors (Lipinski definition) is 9. The number of hydrogen-bond donors (Lipinski definition) is 2. The van der Waals surface area contributed by atoms with E-state index in [-0.39, 0.29) is 24.2 Å². The summed E-state index contributed by atoms with van der Waals surface area (Å²) in [5.41, 5.74) is 3.05. The molecule has 2 N–H and O–H groups in total. The Kier molecular flexibility index (Phi) is 7.68. The third kappa shape index (κ3) is 6.63. The maximum Gasteiger partial charge on any atom is 0.246 e. The smallest absolute Gasteiger partial charge is 0.246 e. The second-order valence-electron chi connectivity index (χ2n) is 10.3. The van der Waals surface area contributed by atoms with Gasteiger partial charge in [-0.25, -0.2) is 15.0 Å². The molecule has 5 rings (SSSR count). The summed E-state index contributed by atoms with van der Waals surface area (Å²) < 4.78 is 5.92. The number of likely N-dealkylation sites (tertiary alicyclic amines) is 1. The van der Waals surface area contributed by atoms with Crippen molar-refractivity contribution in [3.8, 4) is 0 Å². The number of pyridine rings is 2. The molecule has 2 saturated heterocycles. The predicted octanol–water partition coefficient (Wildman–Crippen LogP) is 4.42. The fraction of sp³-hybridized carbons (Fsp3) is 0.481. The highest BCUT2D eigenvalue weighted by Crippen LogP contribution is 2.28. The lowest BCUT2D eigenvalue weighted by atomic mass is 10.1. The number of morpholine rings is 1. The number of amides is 1. The summed E-state index contributed by atoms with van der Waals surface area (Å²) in [6.45, 7) is 12.2. The molecule has 10 heteroatoms. The second kappa shape index (κ2) is 11.1. The summed E-state index contributed by atoms with van der Waals surface area (Å²) in [5, 5.41) is 7.75. The Morgan fingerprint density at radius 3 is 2.70 bits per heavy atom. The van der Waals surface area contributed by atoms with Crippen molar-refractivity contribution in [2.24, 2.45) is 0 Å². The van der Waals surface area contributed by atoms with Crippen LogP contribution in [0.25, 0.3) is 10.3 Å². The van der Waals surface area contributed by atoms with Gasteiger partial charge in [-0.05, 0) is 63.9 Å². The molecule has 0 spiro atoms. The van der Waals surface area contributed by atoms with Crippen molar-refractivity contribution in [3.63, 3.8) is 0 Å². The highest BCUT2D eigenvalue weighted by atomic mass is 32.1. The van der Waals surface area contributed by atoms with Crippen LogP contribution >= 0.6 is 11.3 Å². The SMILES string of the molecule is CC(C)=CC(=O)N1CC[C@H](Nc2cc(CN3C[C@@H](C)O[C@@H](C)C3)cc(Nc3nc4cccnc4s3)n2)C1. The molecule has 37 heavy (non-hydrogen) atoms. The number of fused-ring (bicyclic) bond motifs is 1. The van der Waals surface area contributed by atoms with Crippen LogP contribution in [0.4, 0.5) is 16.8 Å². The molecule has 2 aliphatic rings. The Bertz CT molecular complexity index is 1250. The van der Waals surface area contributed by atoms with Crippen molar-refractivity contribution in [3.05, 3.63) is 47.7 Å². The van der Waals surface area contributed by atoms with E-state index < -0.39 is 0 Å². The van der Waals surface area contributed by atoms with E-state index in [0.717, 1.165) is 70.9 Å². The maximum atomic E-state index is 12.5. The Balaban J connectivity index is 1.35. The van der Waals surface area contributed by atoms with Crippen molar-refractivity contribution >= 4 is 44.4 Å². The number of carbonyl (C=O) groups excluding carboxylic acids is 1. The average Bonchev–Trinajstić information content (AvgIpc) is 3.44. The number of allylic oxidation sites excluding steroid dienone is 1. The predicted molar refractivity (Wildman–Crippen MR) is 148 cm³/mol. The number of rotatable bonds is 7. The topological polar surface area (TPSA) is 95.5 Å². The largest absolute Gasteiger partial charge is 0.373 e. The third-order valence-corrected chi connectivity index (χ3v) is 7.35. The van der Waals surface area contributed by atoms with E-state index in [4.69, 9.17) is 9.72 Å². The molecule has 0 aliphatic carbocycles. The standard InChI is InChI=1S/C27H35N7O2S/c1-17(2)10-25(35)34-9-7-21(16-34)29-23-11-20(15-33-13-18(3)36-19(4)14-33)12-24(31-23)32-27-30-22-6-5-8-28-26(22)37-27/h5-6,8,10-12,18-19,21H,7,9,13-16H2,1-4H3,(H2,29,30,31,32)/t18-,19+,21-/m0/s1. The molecule has 9 nitrogen and oxygen atoms in total. The van der Waals surface area contributed by atoms with Crippen molar-refractivity contribution in [2.75, 3.05) is 36.8 Å². The van der Waals surface area contributed by atoms with Crippen LogP contribution in [0, 0.1) is 0 Å². The molecule has 0 bridgehead atoms. The van der Waals surface area contributed by atoms with Crippen LogP contribution in [0.1, 0.15) is 39.7 Å². The van der Waals surface area contributed by atoms with Gasteiger partial charge in [0, 0.05) is 51.0 Å². The minimum Gasteiger partial charge on any atom is -0.373 e. The molecule has 5 heterocycles. The van der Waals surface area contributed by atoms with E-state index in [9.17, 15) is 4.79 Å². The van der Waals surface area contributed by atoms with E-state index in [1.54, 1.807) is 12.3 Å². The zero-order valence-corrected chi connectivity index (χ0v) is 22.7. The van der Waals surface area contributed by atoms with E-state index in [2.05, 4.69) is 51.5 Å². The molecule has 2 aliphatic heterocycles. The van der Waals surface area contributed by atoms with E-state index in [1.165, 1.54) is 11.3 Å². The van der Waals surface area contributed by atoms with Crippen molar-refractivity contribution in [2.45, 2.75) is 58.9 Å². The Morgan fingerprint density at radius 2 is 1.95 bits per heavy atom. The van der Waals surface area contributed by atoms with Gasteiger partial charge >= 0.3 is 0 Å². The molecular weight excluding hydrogens is 486 g/mol. The van der Waals surface area contributed by atoms with E-state index >= 15 is 0 Å². The van der Waals surface area contributed by atoms with E-state index in [0.29, 0.717) is 6.54 Å². The third-order valence-electron chi connectivity index (χ3n) is 6.45. The Labute approximate surface area is 222 Å². The molecule has 0 saturated carbocycles. The molecule has 196 valence electrons. The van der Waals surface area contributed by atoms with Crippen LogP contribution in [0.5, 0.6) is 0 Å². The van der Waals surface area contributed by atoms with Gasteiger partial charge in [-0.2, -0.15) is 0 Å². The van der Waals surface area contributed by atoms with Gasteiger partial charge in [0.1, 0.15) is 22.0 Å². The molecular formula is C27H35N7O2S. The van der Waals surface area contributed by atoms with Gasteiger partial charge in [0.15, 0.2) is 5.13 Å². The Hall–Kier alpha value is -3.08. The van der Waals surface area contributed by atoms with Crippen LogP contribution in [-0.4, -0.2) is 75.1 Å². The summed E-state index contributed by atoms with van der Waals surface area (Å²) in [7, 11) is 0. The molecule has 0 radical (unpaired) electrons. The molecule has 2 fully saturated rings. The van der Waals surface area contributed by atoms with Gasteiger partial charge in [0.25, 0.3) is 0 Å². The number of thiazole rings is 1. The van der Waals surface area contributed by atoms with Gasteiger partial charge in [-0.15, -0.1) is 0 Å². The van der Waals surface area contributed by atoms with Crippen molar-refractivity contribution < 1.29 is 9.53 Å². The zero-order chi connectivity index (χ0) is 25.9. The molecule has 3 atom stereocenters. The van der Waals surface area contributed by atoms with Crippen molar-refractivity contribution in [1.29, 1.82) is 0 Å². The first kappa shape index (κ1) is 25.6. The fourth-order valence-electron chi connectivity index (χ4n) is 5.05. The summed E-state index contributed by atoms with van der Waals surface area (Å²) in [6.07, 6.45) is 4.79. The van der Waals surface area contributed by atoms with Gasteiger partial charge in [0.05, 0.1) is 12.2 Å². The lowest BCUT2D eigenvalue weighted by Crippen LogP contribution is -2.44. The molecule has 0 aromatic carbocycles. The first-order chi connectivity index (χ1) is 17.8. The number of carbonyl (C=O) groups is 1. The number of aromatic nitrogens is 3. The molecule has 0 unspecified atom stereocenters. The number of nitrogens with one attached hydrogen (secondary N) is 2. The number of ether oxygens (including phenoxy) is 1. The van der Waals surface area contributed by atoms with Gasteiger partial charge in [-0.3, -0.25) is 9.69 Å². The lowest BCUT2D eigenvalue weighted by Gasteiger charge is -2.35. The fourth-order valence-corrected chi connectivity index (χ4v) is 5.86. The quantitative estimate of drug-likeness (QED) is 0.441. The van der Waals surface area contributed by atoms with E-state index in [1.807, 2.05) is 30.9 Å². The van der Waals surface area contributed by atoms with Gasteiger partial charge < -0.3 is 20.3 Å². The van der Waals surface area contributed by atoms with Crippen LogP contribution in [0.2, 0.25) is 0 Å². The molecule has 3 aromatic heterocycles. The summed E-state index contributed by atoms with van der Waals surface area (Å²) >= 11 is 1.51. The minimum absolute atomic E-state index is 0.0772. The number of nitrogens with zero attached hydrogens (tertiary/aromatic N) is 5. The Morgan fingerprint density at radius 1 is 1.16 bits per heavy atom. The maximum absolute atomic E-state index is 12.5. The monoisotopic (exact) mass is 521 g/mol. The number of anilines is 3. The zero-order valence-electron chi connectivity index (χ0n) is 21.9. The lowest BCUT2D eigenvalue weighted by molar-refractivity contribution is -0.125. The van der Waals surface area contributed by atoms with Crippen LogP contribution in [0.3, 0.4) is 0 Å². The normalized spacial score (nSPS) is 22.3. The molecule has 1 amide bonds. The van der Waals surface area contributed by atoms with Crippen LogP contribution < -0.4 is 10.6 Å². The van der Waals surface area contributed by atoms with Gasteiger partial charge in [0.2, 0.25) is 5.91 Å². The van der Waals surface area contributed by atoms with Crippen LogP contribution in [0.15, 0.2) is 42.1 Å². The summed E-state index contributed by atoms with van der Waals surface area (Å²) in [4.78, 5) is 31.6. The van der Waals surface area contributed by atoms with Gasteiger partial charge in [-0.1, -0.05) is 16.9 Å². The summed E-state index contributed by atoms with van der Waals surface area (Å²) in [5.74, 6) is 1.62. The second-order valence-corrected chi connectivity index (χ2v) is 11.3. The molecule has 3 aromatic rings. The average molecular weight is 522 g/mol.